The number of ketones is 1. The number of Topliss-reactive ketones (excluding diaryl/α,β-unsaturated/α-hetero) is 1. The summed E-state index contributed by atoms with van der Waals surface area (Å²) in [5.41, 5.74) is -0.370. The number of carbonyl (C=O) groups is 2. The number of rotatable bonds is 4. The van der Waals surface area contributed by atoms with Crippen LogP contribution in [-0.4, -0.2) is 31.9 Å². The van der Waals surface area contributed by atoms with Crippen LogP contribution in [-0.2, 0) is 9.53 Å². The largest absolute Gasteiger partial charge is 0.496 e. The van der Waals surface area contributed by atoms with E-state index in [4.69, 9.17) is 4.74 Å². The second-order valence-electron chi connectivity index (χ2n) is 3.10. The topological polar surface area (TPSA) is 52.6 Å². The number of ether oxygens (including phenoxy) is 2. The molecule has 4 nitrogen and oxygen atoms in total. The molecular formula is C11H10F2O4. The molecule has 1 aromatic carbocycles. The first-order valence-corrected chi connectivity index (χ1v) is 4.59. The van der Waals surface area contributed by atoms with Gasteiger partial charge in [0.05, 0.1) is 19.8 Å². The second kappa shape index (κ2) is 4.90. The average Bonchev–Trinajstić information content (AvgIpc) is 2.36. The van der Waals surface area contributed by atoms with Crippen LogP contribution in [0.2, 0.25) is 0 Å². The van der Waals surface area contributed by atoms with Crippen LogP contribution >= 0.6 is 0 Å². The smallest absolute Gasteiger partial charge is 0.404 e. The number of methoxy groups -OCH3 is 2. The number of alkyl halides is 2. The van der Waals surface area contributed by atoms with E-state index in [2.05, 4.69) is 4.74 Å². The number of hydrogen-bond acceptors (Lipinski definition) is 4. The molecule has 0 aliphatic carbocycles. The first kappa shape index (κ1) is 13.1. The summed E-state index contributed by atoms with van der Waals surface area (Å²) in [4.78, 5) is 22.3. The van der Waals surface area contributed by atoms with Gasteiger partial charge in [-0.15, -0.1) is 0 Å². The number of benzene rings is 1. The van der Waals surface area contributed by atoms with Gasteiger partial charge in [-0.1, -0.05) is 12.1 Å². The summed E-state index contributed by atoms with van der Waals surface area (Å²) < 4.78 is 35.3. The molecule has 92 valence electrons. The molecule has 6 heteroatoms. The van der Waals surface area contributed by atoms with Crippen molar-refractivity contribution in [1.82, 2.24) is 0 Å². The third-order valence-corrected chi connectivity index (χ3v) is 2.08. The molecule has 0 aliphatic heterocycles. The quantitative estimate of drug-likeness (QED) is 0.459. The number of carbonyl (C=O) groups excluding carboxylic acids is 2. The van der Waals surface area contributed by atoms with E-state index in [1.165, 1.54) is 25.3 Å². The Morgan fingerprint density at radius 3 is 2.29 bits per heavy atom. The highest BCUT2D eigenvalue weighted by atomic mass is 19.3. The van der Waals surface area contributed by atoms with E-state index in [-0.39, 0.29) is 11.3 Å². The number of para-hydroxylation sites is 1. The Morgan fingerprint density at radius 2 is 1.76 bits per heavy atom. The maximum atomic E-state index is 13.3. The zero-order valence-corrected chi connectivity index (χ0v) is 9.20. The molecule has 0 aromatic heterocycles. The van der Waals surface area contributed by atoms with Crippen molar-refractivity contribution in [3.8, 4) is 5.75 Å². The Morgan fingerprint density at radius 1 is 1.18 bits per heavy atom. The van der Waals surface area contributed by atoms with Gasteiger partial charge in [-0.3, -0.25) is 4.79 Å². The van der Waals surface area contributed by atoms with E-state index in [1.807, 2.05) is 0 Å². The van der Waals surface area contributed by atoms with E-state index in [1.54, 1.807) is 0 Å². The van der Waals surface area contributed by atoms with Crippen LogP contribution < -0.4 is 4.74 Å². The molecule has 0 N–H and O–H groups in total. The standard InChI is InChI=1S/C11H10F2O4/c1-16-8-6-4-3-5-7(8)9(14)11(12,13)10(15)17-2/h3-6H,1-2H3. The lowest BCUT2D eigenvalue weighted by atomic mass is 10.0. The van der Waals surface area contributed by atoms with Crippen LogP contribution in [0.15, 0.2) is 24.3 Å². The SMILES string of the molecule is COC(=O)C(F)(F)C(=O)c1ccccc1OC. The van der Waals surface area contributed by atoms with Crippen molar-refractivity contribution in [1.29, 1.82) is 0 Å². The van der Waals surface area contributed by atoms with Crippen LogP contribution in [0.4, 0.5) is 8.78 Å². The van der Waals surface area contributed by atoms with Gasteiger partial charge in [-0.2, -0.15) is 8.78 Å². The Balaban J connectivity index is 3.16. The maximum Gasteiger partial charge on any atom is 0.404 e. The summed E-state index contributed by atoms with van der Waals surface area (Å²) in [6.45, 7) is 0. The zero-order valence-electron chi connectivity index (χ0n) is 9.20. The molecule has 0 saturated heterocycles. The van der Waals surface area contributed by atoms with E-state index >= 15 is 0 Å². The van der Waals surface area contributed by atoms with Gasteiger partial charge in [0.15, 0.2) is 0 Å². The van der Waals surface area contributed by atoms with Gasteiger partial charge in [-0.25, -0.2) is 4.79 Å². The highest BCUT2D eigenvalue weighted by molar-refractivity contribution is 6.15. The van der Waals surface area contributed by atoms with Crippen LogP contribution in [0.1, 0.15) is 10.4 Å². The molecule has 0 spiro atoms. The van der Waals surface area contributed by atoms with E-state index in [9.17, 15) is 18.4 Å². The van der Waals surface area contributed by atoms with Crippen molar-refractivity contribution < 1.29 is 27.8 Å². The second-order valence-corrected chi connectivity index (χ2v) is 3.10. The molecule has 1 rings (SSSR count). The minimum atomic E-state index is -4.22. The molecule has 0 heterocycles. The minimum Gasteiger partial charge on any atom is -0.496 e. The number of halogens is 2. The van der Waals surface area contributed by atoms with Crippen LogP contribution in [0, 0.1) is 0 Å². The van der Waals surface area contributed by atoms with Gasteiger partial charge < -0.3 is 9.47 Å². The van der Waals surface area contributed by atoms with Crippen LogP contribution in [0.25, 0.3) is 0 Å². The molecule has 0 fully saturated rings. The Kier molecular flexibility index (Phi) is 3.77. The summed E-state index contributed by atoms with van der Waals surface area (Å²) in [7, 11) is 2.02. The summed E-state index contributed by atoms with van der Waals surface area (Å²) in [6, 6.07) is 5.41. The number of esters is 1. The van der Waals surface area contributed by atoms with Gasteiger partial charge in [0, 0.05) is 0 Å². The minimum absolute atomic E-state index is 0.0268. The lowest BCUT2D eigenvalue weighted by molar-refractivity contribution is -0.161. The molecule has 0 radical (unpaired) electrons. The molecule has 1 aromatic rings. The molecular weight excluding hydrogens is 234 g/mol. The van der Waals surface area contributed by atoms with Gasteiger partial charge in [0.2, 0.25) is 5.78 Å². The van der Waals surface area contributed by atoms with Gasteiger partial charge in [0.1, 0.15) is 5.75 Å². The van der Waals surface area contributed by atoms with Crippen LogP contribution in [0.5, 0.6) is 5.75 Å². The monoisotopic (exact) mass is 244 g/mol. The molecule has 0 amide bonds. The third-order valence-electron chi connectivity index (χ3n) is 2.08. The van der Waals surface area contributed by atoms with E-state index < -0.39 is 17.7 Å². The Labute approximate surface area is 96.1 Å². The van der Waals surface area contributed by atoms with Crippen molar-refractivity contribution in [2.75, 3.05) is 14.2 Å². The van der Waals surface area contributed by atoms with Crippen molar-refractivity contribution in [2.45, 2.75) is 5.92 Å². The third kappa shape index (κ3) is 2.41. The fraction of sp³-hybridized carbons (Fsp3) is 0.273. The summed E-state index contributed by atoms with van der Waals surface area (Å²) in [6.07, 6.45) is 0. The van der Waals surface area contributed by atoms with Crippen molar-refractivity contribution in [2.24, 2.45) is 0 Å². The zero-order chi connectivity index (χ0) is 13.1. The summed E-state index contributed by atoms with van der Waals surface area (Å²) in [5, 5.41) is 0. The molecule has 0 saturated carbocycles. The first-order chi connectivity index (χ1) is 7.95. The molecule has 0 atom stereocenters. The highest BCUT2D eigenvalue weighted by Gasteiger charge is 2.49. The highest BCUT2D eigenvalue weighted by Crippen LogP contribution is 2.27. The lowest BCUT2D eigenvalue weighted by Crippen LogP contribution is -2.39. The van der Waals surface area contributed by atoms with E-state index in [0.29, 0.717) is 0 Å². The maximum absolute atomic E-state index is 13.3. The van der Waals surface area contributed by atoms with Crippen molar-refractivity contribution >= 4 is 11.8 Å². The van der Waals surface area contributed by atoms with Crippen molar-refractivity contribution in [3.05, 3.63) is 29.8 Å². The molecule has 17 heavy (non-hydrogen) atoms. The predicted molar refractivity (Wildman–Crippen MR) is 54.3 cm³/mol. The van der Waals surface area contributed by atoms with Gasteiger partial charge in [-0.05, 0) is 12.1 Å². The molecule has 0 aliphatic rings. The van der Waals surface area contributed by atoms with Crippen LogP contribution in [0.3, 0.4) is 0 Å². The molecule has 0 bridgehead atoms. The normalized spacial score (nSPS) is 10.8. The van der Waals surface area contributed by atoms with Gasteiger partial charge >= 0.3 is 11.9 Å². The summed E-state index contributed by atoms with van der Waals surface area (Å²) in [5.74, 6) is -7.79. The van der Waals surface area contributed by atoms with Gasteiger partial charge in [0.25, 0.3) is 0 Å². The summed E-state index contributed by atoms with van der Waals surface area (Å²) >= 11 is 0. The molecule has 0 unspecified atom stereocenters. The van der Waals surface area contributed by atoms with E-state index in [0.717, 1.165) is 13.2 Å². The van der Waals surface area contributed by atoms with Crippen molar-refractivity contribution in [3.63, 3.8) is 0 Å². The Hall–Kier alpha value is -1.98. The Bertz CT molecular complexity index is 443. The fourth-order valence-corrected chi connectivity index (χ4v) is 1.22. The lowest BCUT2D eigenvalue weighted by Gasteiger charge is -2.14. The average molecular weight is 244 g/mol. The predicted octanol–water partition coefficient (Wildman–Crippen LogP) is 1.69. The number of hydrogen-bond donors (Lipinski definition) is 0. The fourth-order valence-electron chi connectivity index (χ4n) is 1.22. The first-order valence-electron chi connectivity index (χ1n) is 4.59.